The number of aliphatic hydroxyl groups is 1. The molecule has 0 amide bonds. The monoisotopic (exact) mass is 467 g/mol. The second kappa shape index (κ2) is 9.40. The Bertz CT molecular complexity index is 1360. The summed E-state index contributed by atoms with van der Waals surface area (Å²) in [6, 6.07) is 24.3. The molecule has 3 aliphatic rings. The Labute approximate surface area is 206 Å². The topological polar surface area (TPSA) is 40.9 Å². The van der Waals surface area contributed by atoms with Crippen molar-refractivity contribution in [3.8, 4) is 5.75 Å². The molecule has 35 heavy (non-hydrogen) atoms. The van der Waals surface area contributed by atoms with Crippen LogP contribution in [0.1, 0.15) is 12.8 Å². The van der Waals surface area contributed by atoms with E-state index < -0.39 is 6.10 Å². The van der Waals surface area contributed by atoms with Gasteiger partial charge in [-0.05, 0) is 53.9 Å². The van der Waals surface area contributed by atoms with Crippen LogP contribution in [-0.4, -0.2) is 59.0 Å². The lowest BCUT2D eigenvalue weighted by Gasteiger charge is -2.48. The lowest BCUT2D eigenvalue weighted by molar-refractivity contribution is 0.0409. The molecule has 3 aromatic carbocycles. The number of ether oxygens (including phenoxy) is 1. The highest BCUT2D eigenvalue weighted by Crippen LogP contribution is 2.31. The van der Waals surface area contributed by atoms with Crippen LogP contribution < -0.4 is 9.64 Å². The molecule has 7 rings (SSSR count). The summed E-state index contributed by atoms with van der Waals surface area (Å²) in [6.45, 7) is 2.86. The van der Waals surface area contributed by atoms with E-state index in [4.69, 9.17) is 4.74 Å². The molecule has 2 bridgehead atoms. The zero-order valence-electron chi connectivity index (χ0n) is 20.3. The maximum atomic E-state index is 10.9. The maximum absolute atomic E-state index is 10.9. The average molecular weight is 468 g/mol. The van der Waals surface area contributed by atoms with Crippen LogP contribution in [0.25, 0.3) is 21.7 Å². The van der Waals surface area contributed by atoms with Crippen LogP contribution in [0.5, 0.6) is 5.75 Å². The minimum atomic E-state index is -0.534. The summed E-state index contributed by atoms with van der Waals surface area (Å²) in [5.41, 5.74) is 2.44. The fraction of sp³-hybridized carbons (Fsp3) is 0.333. The molecule has 0 radical (unpaired) electrons. The minimum absolute atomic E-state index is 0.298. The number of fused-ring (bicyclic) bond motifs is 6. The summed E-state index contributed by atoms with van der Waals surface area (Å²) in [7, 11) is 2.04. The van der Waals surface area contributed by atoms with E-state index in [-0.39, 0.29) is 0 Å². The average Bonchev–Trinajstić information content (AvgIpc) is 3.24. The standard InChI is InChI=1S/C30H33N3O2/c1-31-16-15-28-29(31)11-6-12-30(28)35-21-27(34)20-32-18-26-10-5-4-9-25(32)19-33(26)24-14-13-22-7-2-3-8-23(22)17-24/h2-8,11-17,25-27,34H,9-10,18-21H2,1H3. The van der Waals surface area contributed by atoms with Gasteiger partial charge in [0.15, 0.2) is 0 Å². The molecule has 5 heteroatoms. The fourth-order valence-corrected chi connectivity index (χ4v) is 5.75. The van der Waals surface area contributed by atoms with Gasteiger partial charge >= 0.3 is 0 Å². The molecule has 0 spiro atoms. The third-order valence-electron chi connectivity index (χ3n) is 7.62. The zero-order valence-corrected chi connectivity index (χ0v) is 20.3. The summed E-state index contributed by atoms with van der Waals surface area (Å²) < 4.78 is 8.18. The van der Waals surface area contributed by atoms with Gasteiger partial charge in [-0.25, -0.2) is 0 Å². The Kier molecular flexibility index (Phi) is 5.96. The van der Waals surface area contributed by atoms with Crippen LogP contribution in [0.2, 0.25) is 0 Å². The van der Waals surface area contributed by atoms with Crippen LogP contribution in [0.4, 0.5) is 5.69 Å². The van der Waals surface area contributed by atoms with Crippen molar-refractivity contribution >= 4 is 27.4 Å². The predicted molar refractivity (Wildman–Crippen MR) is 143 cm³/mol. The summed E-state index contributed by atoms with van der Waals surface area (Å²) in [5.74, 6) is 0.835. The van der Waals surface area contributed by atoms with Gasteiger partial charge in [0.25, 0.3) is 0 Å². The molecule has 1 saturated heterocycles. The number of aryl methyl sites for hydroxylation is 1. The molecule has 3 atom stereocenters. The first kappa shape index (κ1) is 22.2. The number of aliphatic hydroxyl groups excluding tert-OH is 1. The molecule has 3 unspecified atom stereocenters. The van der Waals surface area contributed by atoms with Crippen molar-refractivity contribution in [2.45, 2.75) is 31.0 Å². The van der Waals surface area contributed by atoms with Crippen LogP contribution in [0.3, 0.4) is 0 Å². The summed E-state index contributed by atoms with van der Waals surface area (Å²) in [5, 5.41) is 14.6. The summed E-state index contributed by atoms with van der Waals surface area (Å²) >= 11 is 0. The van der Waals surface area contributed by atoms with Crippen LogP contribution in [0, 0.1) is 0 Å². The second-order valence-corrected chi connectivity index (χ2v) is 9.97. The molecule has 1 N–H and O–H groups in total. The molecule has 4 heterocycles. The van der Waals surface area contributed by atoms with Crippen molar-refractivity contribution in [2.75, 3.05) is 31.1 Å². The molecule has 0 saturated carbocycles. The van der Waals surface area contributed by atoms with E-state index in [0.29, 0.717) is 25.2 Å². The maximum Gasteiger partial charge on any atom is 0.128 e. The van der Waals surface area contributed by atoms with Gasteiger partial charge in [0, 0.05) is 56.0 Å². The van der Waals surface area contributed by atoms with Crippen LogP contribution >= 0.6 is 0 Å². The van der Waals surface area contributed by atoms with Crippen molar-refractivity contribution < 1.29 is 9.84 Å². The number of piperazine rings is 1. The summed E-state index contributed by atoms with van der Waals surface area (Å²) in [4.78, 5) is 5.05. The fourth-order valence-electron chi connectivity index (χ4n) is 5.75. The number of hydrogen-bond acceptors (Lipinski definition) is 4. The van der Waals surface area contributed by atoms with Gasteiger partial charge in [0.05, 0.1) is 5.52 Å². The largest absolute Gasteiger partial charge is 0.490 e. The Morgan fingerprint density at radius 1 is 0.914 bits per heavy atom. The van der Waals surface area contributed by atoms with E-state index in [0.717, 1.165) is 42.6 Å². The van der Waals surface area contributed by atoms with E-state index >= 15 is 0 Å². The van der Waals surface area contributed by atoms with Gasteiger partial charge in [0.2, 0.25) is 0 Å². The molecule has 3 aliphatic heterocycles. The highest BCUT2D eigenvalue weighted by Gasteiger charge is 2.35. The lowest BCUT2D eigenvalue weighted by Crippen LogP contribution is -2.60. The number of hydrogen-bond donors (Lipinski definition) is 1. The van der Waals surface area contributed by atoms with Gasteiger partial charge in [0.1, 0.15) is 18.5 Å². The smallest absolute Gasteiger partial charge is 0.128 e. The lowest BCUT2D eigenvalue weighted by atomic mass is 9.96. The molecule has 1 aromatic heterocycles. The third kappa shape index (κ3) is 4.42. The van der Waals surface area contributed by atoms with E-state index in [1.54, 1.807) is 0 Å². The zero-order chi connectivity index (χ0) is 23.8. The van der Waals surface area contributed by atoms with Crippen LogP contribution in [-0.2, 0) is 7.05 Å². The van der Waals surface area contributed by atoms with Gasteiger partial charge in [-0.1, -0.05) is 48.6 Å². The molecular formula is C30H33N3O2. The molecule has 4 aromatic rings. The van der Waals surface area contributed by atoms with Crippen molar-refractivity contribution in [3.05, 3.63) is 85.1 Å². The van der Waals surface area contributed by atoms with E-state index in [1.165, 1.54) is 16.5 Å². The van der Waals surface area contributed by atoms with Crippen molar-refractivity contribution in [3.63, 3.8) is 0 Å². The van der Waals surface area contributed by atoms with E-state index in [1.807, 2.05) is 25.4 Å². The predicted octanol–water partition coefficient (Wildman–Crippen LogP) is 4.98. The Morgan fingerprint density at radius 2 is 1.74 bits per heavy atom. The Hall–Kier alpha value is -3.28. The quantitative estimate of drug-likeness (QED) is 0.406. The number of aromatic nitrogens is 1. The van der Waals surface area contributed by atoms with Crippen molar-refractivity contribution in [2.24, 2.45) is 7.05 Å². The number of rotatable bonds is 6. The van der Waals surface area contributed by atoms with E-state index in [9.17, 15) is 5.11 Å². The Balaban J connectivity index is 1.14. The third-order valence-corrected chi connectivity index (χ3v) is 7.62. The van der Waals surface area contributed by atoms with Crippen molar-refractivity contribution in [1.82, 2.24) is 9.47 Å². The van der Waals surface area contributed by atoms with Gasteiger partial charge in [-0.15, -0.1) is 0 Å². The molecular weight excluding hydrogens is 434 g/mol. The van der Waals surface area contributed by atoms with Gasteiger partial charge < -0.3 is 19.3 Å². The molecule has 1 fully saturated rings. The minimum Gasteiger partial charge on any atom is -0.490 e. The Morgan fingerprint density at radius 3 is 2.63 bits per heavy atom. The highest BCUT2D eigenvalue weighted by atomic mass is 16.5. The first-order valence-electron chi connectivity index (χ1n) is 12.6. The number of benzene rings is 3. The van der Waals surface area contributed by atoms with Crippen LogP contribution in [0.15, 0.2) is 85.1 Å². The van der Waals surface area contributed by atoms with Gasteiger partial charge in [-0.2, -0.15) is 0 Å². The number of anilines is 1. The highest BCUT2D eigenvalue weighted by molar-refractivity contribution is 5.87. The summed E-state index contributed by atoms with van der Waals surface area (Å²) in [6.07, 6.45) is 8.20. The van der Waals surface area contributed by atoms with Gasteiger partial charge in [-0.3, -0.25) is 4.90 Å². The van der Waals surface area contributed by atoms with Crippen molar-refractivity contribution in [1.29, 1.82) is 0 Å². The van der Waals surface area contributed by atoms with E-state index in [2.05, 4.69) is 81.1 Å². The molecule has 180 valence electrons. The first-order chi connectivity index (χ1) is 17.2. The molecule has 5 nitrogen and oxygen atoms in total. The molecule has 0 aliphatic carbocycles. The SMILES string of the molecule is Cn1ccc2c(OCC(O)CN3CC4CC=CCC3CN4c3ccc4ccccc4c3)cccc21. The first-order valence-corrected chi connectivity index (χ1v) is 12.6. The normalized spacial score (nSPS) is 21.4. The number of nitrogens with zero attached hydrogens (tertiary/aromatic N) is 3. The second-order valence-electron chi connectivity index (χ2n) is 9.97.